The molecule has 1 aromatic rings. The molecule has 0 saturated heterocycles. The molecular formula is C12H17NO3S. The number of carbonyl (C=O) groups is 2. The molecule has 94 valence electrons. The number of rotatable bonds is 6. The van der Waals surface area contributed by atoms with Crippen LogP contribution in [-0.2, 0) is 11.2 Å². The van der Waals surface area contributed by atoms with Crippen LogP contribution >= 0.6 is 11.3 Å². The number of carbonyl (C=O) groups excluding carboxylic acids is 1. The van der Waals surface area contributed by atoms with Crippen molar-refractivity contribution in [2.75, 3.05) is 13.6 Å². The zero-order chi connectivity index (χ0) is 12.8. The van der Waals surface area contributed by atoms with Gasteiger partial charge in [0.15, 0.2) is 0 Å². The fourth-order valence-electron chi connectivity index (χ4n) is 1.54. The van der Waals surface area contributed by atoms with Crippen LogP contribution in [0.3, 0.4) is 0 Å². The molecule has 0 fully saturated rings. The lowest BCUT2D eigenvalue weighted by Crippen LogP contribution is -2.28. The fourth-order valence-corrected chi connectivity index (χ4v) is 2.53. The quantitative estimate of drug-likeness (QED) is 0.848. The highest BCUT2D eigenvalue weighted by Crippen LogP contribution is 2.19. The molecule has 17 heavy (non-hydrogen) atoms. The van der Waals surface area contributed by atoms with E-state index in [0.29, 0.717) is 13.0 Å². The van der Waals surface area contributed by atoms with Crippen molar-refractivity contribution in [3.05, 3.63) is 21.9 Å². The predicted molar refractivity (Wildman–Crippen MR) is 67.5 cm³/mol. The molecule has 0 unspecified atom stereocenters. The van der Waals surface area contributed by atoms with Gasteiger partial charge in [0.05, 0.1) is 4.88 Å². The Morgan fingerprint density at radius 1 is 1.47 bits per heavy atom. The van der Waals surface area contributed by atoms with E-state index in [0.717, 1.165) is 16.9 Å². The molecule has 0 radical (unpaired) electrons. The highest BCUT2D eigenvalue weighted by molar-refractivity contribution is 7.12. The molecule has 1 heterocycles. The maximum atomic E-state index is 12.1. The van der Waals surface area contributed by atoms with Crippen molar-refractivity contribution in [2.45, 2.75) is 26.2 Å². The van der Waals surface area contributed by atoms with E-state index in [2.05, 4.69) is 0 Å². The molecule has 0 aromatic carbocycles. The molecule has 1 N–H and O–H groups in total. The Hall–Kier alpha value is -1.36. The number of thiophene rings is 1. The summed E-state index contributed by atoms with van der Waals surface area (Å²) in [6, 6.07) is 1.96. The molecule has 0 aliphatic heterocycles. The summed E-state index contributed by atoms with van der Waals surface area (Å²) in [6.07, 6.45) is 1.43. The molecule has 0 saturated carbocycles. The van der Waals surface area contributed by atoms with Crippen LogP contribution < -0.4 is 0 Å². The van der Waals surface area contributed by atoms with Crippen LogP contribution in [0.5, 0.6) is 0 Å². The maximum absolute atomic E-state index is 12.1. The van der Waals surface area contributed by atoms with Gasteiger partial charge in [-0.3, -0.25) is 9.59 Å². The van der Waals surface area contributed by atoms with E-state index in [4.69, 9.17) is 5.11 Å². The normalized spacial score (nSPS) is 10.2. The molecule has 5 heteroatoms. The number of aryl methyl sites for hydroxylation is 1. The molecule has 1 rings (SSSR count). The molecule has 4 nitrogen and oxygen atoms in total. The van der Waals surface area contributed by atoms with Gasteiger partial charge in [0.2, 0.25) is 0 Å². The summed E-state index contributed by atoms with van der Waals surface area (Å²) in [5, 5.41) is 10.4. The summed E-state index contributed by atoms with van der Waals surface area (Å²) >= 11 is 1.44. The lowest BCUT2D eigenvalue weighted by Gasteiger charge is -2.16. The van der Waals surface area contributed by atoms with Crippen molar-refractivity contribution in [1.29, 1.82) is 0 Å². The SMILES string of the molecule is CCc1ccsc1C(=O)N(C)CCCC(=O)O. The second-order valence-corrected chi connectivity index (χ2v) is 4.77. The summed E-state index contributed by atoms with van der Waals surface area (Å²) in [4.78, 5) is 24.8. The van der Waals surface area contributed by atoms with Crippen molar-refractivity contribution in [2.24, 2.45) is 0 Å². The standard InChI is InChI=1S/C12H17NO3S/c1-3-9-6-8-17-11(9)12(16)13(2)7-4-5-10(14)15/h6,8H,3-5,7H2,1-2H3,(H,14,15). The molecule has 1 aromatic heterocycles. The third-order valence-corrected chi connectivity index (χ3v) is 3.50. The largest absolute Gasteiger partial charge is 0.481 e. The molecular weight excluding hydrogens is 238 g/mol. The lowest BCUT2D eigenvalue weighted by molar-refractivity contribution is -0.137. The topological polar surface area (TPSA) is 57.6 Å². The minimum atomic E-state index is -0.823. The van der Waals surface area contributed by atoms with Crippen molar-refractivity contribution in [3.63, 3.8) is 0 Å². The number of nitrogens with zero attached hydrogens (tertiary/aromatic N) is 1. The predicted octanol–water partition coefficient (Wildman–Crippen LogP) is 2.25. The fraction of sp³-hybridized carbons (Fsp3) is 0.500. The van der Waals surface area contributed by atoms with E-state index in [1.54, 1.807) is 11.9 Å². The molecule has 0 spiro atoms. The van der Waals surface area contributed by atoms with Crippen LogP contribution in [0.4, 0.5) is 0 Å². The van der Waals surface area contributed by atoms with Crippen LogP contribution in [0.1, 0.15) is 35.0 Å². The van der Waals surface area contributed by atoms with Gasteiger partial charge in [0, 0.05) is 20.0 Å². The smallest absolute Gasteiger partial charge is 0.303 e. The van der Waals surface area contributed by atoms with Gasteiger partial charge < -0.3 is 10.0 Å². The highest BCUT2D eigenvalue weighted by Gasteiger charge is 2.16. The molecule has 0 aliphatic carbocycles. The number of hydrogen-bond acceptors (Lipinski definition) is 3. The van der Waals surface area contributed by atoms with E-state index in [1.165, 1.54) is 11.3 Å². The van der Waals surface area contributed by atoms with Crippen LogP contribution in [0.25, 0.3) is 0 Å². The molecule has 0 atom stereocenters. The molecule has 0 aliphatic rings. The van der Waals surface area contributed by atoms with E-state index in [-0.39, 0.29) is 12.3 Å². The van der Waals surface area contributed by atoms with E-state index >= 15 is 0 Å². The van der Waals surface area contributed by atoms with E-state index < -0.39 is 5.97 Å². The summed E-state index contributed by atoms with van der Waals surface area (Å²) in [5.41, 5.74) is 1.06. The van der Waals surface area contributed by atoms with Gasteiger partial charge in [-0.25, -0.2) is 0 Å². The Morgan fingerprint density at radius 2 is 2.18 bits per heavy atom. The summed E-state index contributed by atoms with van der Waals surface area (Å²) in [7, 11) is 1.71. The van der Waals surface area contributed by atoms with Crippen LogP contribution in [0, 0.1) is 0 Å². The number of aliphatic carboxylic acids is 1. The average molecular weight is 255 g/mol. The number of amides is 1. The third kappa shape index (κ3) is 3.85. The third-order valence-electron chi connectivity index (χ3n) is 2.55. The lowest BCUT2D eigenvalue weighted by atomic mass is 10.2. The minimum Gasteiger partial charge on any atom is -0.481 e. The van der Waals surface area contributed by atoms with Crippen LogP contribution in [0.2, 0.25) is 0 Å². The second-order valence-electron chi connectivity index (χ2n) is 3.85. The first-order chi connectivity index (χ1) is 8.06. The molecule has 1 amide bonds. The number of hydrogen-bond donors (Lipinski definition) is 1. The zero-order valence-corrected chi connectivity index (χ0v) is 10.9. The highest BCUT2D eigenvalue weighted by atomic mass is 32.1. The second kappa shape index (κ2) is 6.39. The summed E-state index contributed by atoms with van der Waals surface area (Å²) in [5.74, 6) is -0.835. The van der Waals surface area contributed by atoms with Gasteiger partial charge in [-0.15, -0.1) is 11.3 Å². The van der Waals surface area contributed by atoms with Crippen LogP contribution in [0.15, 0.2) is 11.4 Å². The van der Waals surface area contributed by atoms with Crippen molar-refractivity contribution < 1.29 is 14.7 Å². The van der Waals surface area contributed by atoms with Gasteiger partial charge in [-0.05, 0) is 29.9 Å². The van der Waals surface area contributed by atoms with Gasteiger partial charge in [0.1, 0.15) is 0 Å². The zero-order valence-electron chi connectivity index (χ0n) is 10.1. The number of carboxylic acids is 1. The van der Waals surface area contributed by atoms with Crippen molar-refractivity contribution in [3.8, 4) is 0 Å². The monoisotopic (exact) mass is 255 g/mol. The van der Waals surface area contributed by atoms with E-state index in [1.807, 2.05) is 18.4 Å². The van der Waals surface area contributed by atoms with Crippen molar-refractivity contribution in [1.82, 2.24) is 4.90 Å². The average Bonchev–Trinajstić information content (AvgIpc) is 2.75. The Kier molecular flexibility index (Phi) is 5.15. The van der Waals surface area contributed by atoms with Crippen molar-refractivity contribution >= 4 is 23.2 Å². The summed E-state index contributed by atoms with van der Waals surface area (Å²) < 4.78 is 0. The minimum absolute atomic E-state index is 0.0118. The van der Waals surface area contributed by atoms with Gasteiger partial charge >= 0.3 is 5.97 Å². The van der Waals surface area contributed by atoms with Crippen LogP contribution in [-0.4, -0.2) is 35.5 Å². The first-order valence-electron chi connectivity index (χ1n) is 5.59. The maximum Gasteiger partial charge on any atom is 0.303 e. The molecule has 0 bridgehead atoms. The first kappa shape index (κ1) is 13.7. The van der Waals surface area contributed by atoms with E-state index in [9.17, 15) is 9.59 Å². The van der Waals surface area contributed by atoms with Gasteiger partial charge in [0.25, 0.3) is 5.91 Å². The summed E-state index contributed by atoms with van der Waals surface area (Å²) in [6.45, 7) is 2.50. The number of carboxylic acid groups (broad SMARTS) is 1. The van der Waals surface area contributed by atoms with Gasteiger partial charge in [-0.2, -0.15) is 0 Å². The Bertz CT molecular complexity index is 400. The Labute approximate surface area is 105 Å². The van der Waals surface area contributed by atoms with Gasteiger partial charge in [-0.1, -0.05) is 6.92 Å². The first-order valence-corrected chi connectivity index (χ1v) is 6.47. The Balaban J connectivity index is 2.54. The Morgan fingerprint density at radius 3 is 2.76 bits per heavy atom.